The first kappa shape index (κ1) is 14.1. The van der Waals surface area contributed by atoms with Gasteiger partial charge in [0, 0.05) is 25.7 Å². The van der Waals surface area contributed by atoms with Gasteiger partial charge in [-0.25, -0.2) is 4.39 Å². The van der Waals surface area contributed by atoms with Crippen molar-refractivity contribution in [2.75, 3.05) is 45.2 Å². The Labute approximate surface area is 113 Å². The van der Waals surface area contributed by atoms with Crippen LogP contribution in [0.1, 0.15) is 6.92 Å². The van der Waals surface area contributed by atoms with Gasteiger partial charge in [0.15, 0.2) is 0 Å². The first-order chi connectivity index (χ1) is 9.22. The van der Waals surface area contributed by atoms with Crippen LogP contribution in [0.25, 0.3) is 0 Å². The number of hydrogen-bond acceptors (Lipinski definition) is 4. The van der Waals surface area contributed by atoms with E-state index in [-0.39, 0.29) is 11.9 Å². The molecule has 1 unspecified atom stereocenters. The van der Waals surface area contributed by atoms with Gasteiger partial charge in [0.05, 0.1) is 25.5 Å². The highest BCUT2D eigenvalue weighted by Gasteiger charge is 2.19. The predicted octanol–water partition coefficient (Wildman–Crippen LogP) is 1.97. The van der Waals surface area contributed by atoms with E-state index in [1.54, 1.807) is 19.2 Å². The molecule has 1 aromatic rings. The highest BCUT2D eigenvalue weighted by Crippen LogP contribution is 2.21. The molecule has 1 atom stereocenters. The van der Waals surface area contributed by atoms with Crippen molar-refractivity contribution >= 4 is 5.69 Å². The fraction of sp³-hybridized carbons (Fsp3) is 0.571. The molecule has 1 saturated heterocycles. The molecule has 0 aliphatic carbocycles. The van der Waals surface area contributed by atoms with Gasteiger partial charge in [0.1, 0.15) is 11.6 Å². The van der Waals surface area contributed by atoms with E-state index in [0.29, 0.717) is 18.0 Å². The molecule has 19 heavy (non-hydrogen) atoms. The Balaban J connectivity index is 1.91. The normalized spacial score (nSPS) is 20.3. The number of methoxy groups -OCH3 is 1. The van der Waals surface area contributed by atoms with Crippen molar-refractivity contribution in [1.29, 1.82) is 0 Å². The summed E-state index contributed by atoms with van der Waals surface area (Å²) in [5, 5.41) is 3.10. The molecule has 5 heteroatoms. The smallest absolute Gasteiger partial charge is 0.146 e. The molecule has 2 rings (SSSR count). The number of benzene rings is 1. The van der Waals surface area contributed by atoms with Crippen molar-refractivity contribution in [3.05, 3.63) is 24.0 Å². The summed E-state index contributed by atoms with van der Waals surface area (Å²) in [7, 11) is 1.57. The molecular formula is C14H21FN2O2. The monoisotopic (exact) mass is 268 g/mol. The zero-order valence-corrected chi connectivity index (χ0v) is 11.5. The van der Waals surface area contributed by atoms with Crippen molar-refractivity contribution in [1.82, 2.24) is 4.90 Å². The van der Waals surface area contributed by atoms with E-state index >= 15 is 0 Å². The van der Waals surface area contributed by atoms with Gasteiger partial charge in [0.2, 0.25) is 0 Å². The Morgan fingerprint density at radius 1 is 1.53 bits per heavy atom. The van der Waals surface area contributed by atoms with Gasteiger partial charge in [0.25, 0.3) is 0 Å². The van der Waals surface area contributed by atoms with Crippen LogP contribution < -0.4 is 10.1 Å². The molecule has 1 heterocycles. The number of ether oxygens (including phenoxy) is 2. The molecule has 0 radical (unpaired) electrons. The molecule has 1 fully saturated rings. The maximum Gasteiger partial charge on any atom is 0.146 e. The Bertz CT molecular complexity index is 414. The Hall–Kier alpha value is -1.33. The summed E-state index contributed by atoms with van der Waals surface area (Å²) >= 11 is 0. The molecule has 106 valence electrons. The van der Waals surface area contributed by atoms with E-state index in [4.69, 9.17) is 9.47 Å². The molecule has 1 aromatic carbocycles. The number of morpholine rings is 1. The zero-order valence-electron chi connectivity index (χ0n) is 11.5. The Kier molecular flexibility index (Phi) is 4.99. The number of likely N-dealkylation sites (N-methyl/N-ethyl adjacent to an activating group) is 1. The molecule has 1 aliphatic rings. The topological polar surface area (TPSA) is 33.7 Å². The minimum absolute atomic E-state index is 0.0966. The third-order valence-electron chi connectivity index (χ3n) is 3.36. The first-order valence-corrected chi connectivity index (χ1v) is 6.64. The van der Waals surface area contributed by atoms with E-state index < -0.39 is 0 Å². The van der Waals surface area contributed by atoms with Gasteiger partial charge < -0.3 is 14.8 Å². The third kappa shape index (κ3) is 3.81. The fourth-order valence-electron chi connectivity index (χ4n) is 2.18. The van der Waals surface area contributed by atoms with E-state index in [1.807, 2.05) is 0 Å². The quantitative estimate of drug-likeness (QED) is 0.885. The largest absolute Gasteiger partial charge is 0.497 e. The average Bonchev–Trinajstić information content (AvgIpc) is 2.46. The van der Waals surface area contributed by atoms with Crippen LogP contribution in [0.3, 0.4) is 0 Å². The van der Waals surface area contributed by atoms with Crippen LogP contribution in [0, 0.1) is 5.82 Å². The summed E-state index contributed by atoms with van der Waals surface area (Å²) in [6.07, 6.45) is 0.0966. The number of hydrogen-bond donors (Lipinski definition) is 1. The van der Waals surface area contributed by atoms with Crippen LogP contribution in [0.5, 0.6) is 5.75 Å². The minimum atomic E-state index is -0.274. The van der Waals surface area contributed by atoms with E-state index in [0.717, 1.165) is 26.2 Å². The van der Waals surface area contributed by atoms with E-state index in [9.17, 15) is 4.39 Å². The molecule has 0 spiro atoms. The minimum Gasteiger partial charge on any atom is -0.497 e. The second kappa shape index (κ2) is 6.73. The van der Waals surface area contributed by atoms with E-state index in [1.165, 1.54) is 6.07 Å². The first-order valence-electron chi connectivity index (χ1n) is 6.64. The Morgan fingerprint density at radius 3 is 3.11 bits per heavy atom. The molecule has 1 aliphatic heterocycles. The molecule has 1 N–H and O–H groups in total. The van der Waals surface area contributed by atoms with Gasteiger partial charge in [-0.2, -0.15) is 0 Å². The highest BCUT2D eigenvalue weighted by atomic mass is 19.1. The van der Waals surface area contributed by atoms with Gasteiger partial charge in [-0.05, 0) is 18.7 Å². The summed E-state index contributed by atoms with van der Waals surface area (Å²) in [4.78, 5) is 2.33. The lowest BCUT2D eigenvalue weighted by molar-refractivity contribution is -0.0192. The molecule has 0 aromatic heterocycles. The van der Waals surface area contributed by atoms with Crippen LogP contribution in [0.15, 0.2) is 18.2 Å². The van der Waals surface area contributed by atoms with Crippen molar-refractivity contribution in [3.63, 3.8) is 0 Å². The number of rotatable bonds is 5. The maximum absolute atomic E-state index is 13.6. The van der Waals surface area contributed by atoms with Gasteiger partial charge in [-0.15, -0.1) is 0 Å². The van der Waals surface area contributed by atoms with Crippen LogP contribution in [0.4, 0.5) is 10.1 Å². The average molecular weight is 268 g/mol. The number of anilines is 1. The van der Waals surface area contributed by atoms with Crippen molar-refractivity contribution in [2.24, 2.45) is 0 Å². The van der Waals surface area contributed by atoms with Gasteiger partial charge >= 0.3 is 0 Å². The van der Waals surface area contributed by atoms with Crippen LogP contribution in [0.2, 0.25) is 0 Å². The summed E-state index contributed by atoms with van der Waals surface area (Å²) in [6, 6.07) is 4.67. The number of nitrogens with one attached hydrogen (secondary N) is 1. The standard InChI is InChI=1S/C14H21FN2O2/c1-3-17-6-7-19-12(10-17)9-16-14-8-11(18-2)4-5-13(14)15/h4-5,8,12,16H,3,6-7,9-10H2,1-2H3. The highest BCUT2D eigenvalue weighted by molar-refractivity contribution is 5.49. The van der Waals surface area contributed by atoms with Crippen molar-refractivity contribution in [2.45, 2.75) is 13.0 Å². The predicted molar refractivity (Wildman–Crippen MR) is 73.3 cm³/mol. The van der Waals surface area contributed by atoms with E-state index in [2.05, 4.69) is 17.1 Å². The third-order valence-corrected chi connectivity index (χ3v) is 3.36. The van der Waals surface area contributed by atoms with Gasteiger partial charge in [-0.3, -0.25) is 4.90 Å². The van der Waals surface area contributed by atoms with Crippen LogP contribution >= 0.6 is 0 Å². The van der Waals surface area contributed by atoms with Crippen LogP contribution in [-0.2, 0) is 4.74 Å². The molecule has 0 saturated carbocycles. The molecule has 4 nitrogen and oxygen atoms in total. The van der Waals surface area contributed by atoms with Gasteiger partial charge in [-0.1, -0.05) is 6.92 Å². The second-order valence-corrected chi connectivity index (χ2v) is 4.61. The number of nitrogens with zero attached hydrogens (tertiary/aromatic N) is 1. The second-order valence-electron chi connectivity index (χ2n) is 4.61. The molecule has 0 bridgehead atoms. The lowest BCUT2D eigenvalue weighted by atomic mass is 10.2. The molecule has 0 amide bonds. The number of halogens is 1. The summed E-state index contributed by atoms with van der Waals surface area (Å²) in [6.45, 7) is 6.35. The molecular weight excluding hydrogens is 247 g/mol. The van der Waals surface area contributed by atoms with Crippen LogP contribution in [-0.4, -0.2) is 50.9 Å². The lowest BCUT2D eigenvalue weighted by Gasteiger charge is -2.32. The van der Waals surface area contributed by atoms with Crippen molar-refractivity contribution in [3.8, 4) is 5.75 Å². The summed E-state index contributed by atoms with van der Waals surface area (Å²) in [5.41, 5.74) is 0.455. The lowest BCUT2D eigenvalue weighted by Crippen LogP contribution is -2.45. The Morgan fingerprint density at radius 2 is 2.37 bits per heavy atom. The maximum atomic E-state index is 13.6. The zero-order chi connectivity index (χ0) is 13.7. The van der Waals surface area contributed by atoms with Crippen molar-refractivity contribution < 1.29 is 13.9 Å². The SMILES string of the molecule is CCN1CCOC(CNc2cc(OC)ccc2F)C1. The summed E-state index contributed by atoms with van der Waals surface area (Å²) < 4.78 is 24.4. The fourth-order valence-corrected chi connectivity index (χ4v) is 2.18. The summed E-state index contributed by atoms with van der Waals surface area (Å²) in [5.74, 6) is 0.368.